The van der Waals surface area contributed by atoms with E-state index >= 15 is 0 Å². The smallest absolute Gasteiger partial charge is 0.235 e. The van der Waals surface area contributed by atoms with Gasteiger partial charge in [0.1, 0.15) is 5.82 Å². The molecule has 2 aromatic rings. The topological polar surface area (TPSA) is 71.4 Å². The minimum Gasteiger partial charge on any atom is -0.310 e. The van der Waals surface area contributed by atoms with Crippen LogP contribution in [-0.2, 0) is 9.59 Å². The molecule has 1 unspecified atom stereocenters. The van der Waals surface area contributed by atoms with Crippen LogP contribution in [0.1, 0.15) is 50.7 Å². The number of hydrogen-bond donors (Lipinski definition) is 1. The van der Waals surface area contributed by atoms with E-state index in [4.69, 9.17) is 16.6 Å². The van der Waals surface area contributed by atoms with Gasteiger partial charge in [0, 0.05) is 40.5 Å². The van der Waals surface area contributed by atoms with E-state index in [2.05, 4.69) is 24.1 Å². The molecule has 0 radical (unpaired) electrons. The molecule has 2 atom stereocenters. The molecule has 0 bridgehead atoms. The Bertz CT molecular complexity index is 1130. The van der Waals surface area contributed by atoms with Crippen molar-refractivity contribution in [3.05, 3.63) is 70.0 Å². The maximum atomic E-state index is 13.5. The molecular formula is C25H26ClN3O2. The summed E-state index contributed by atoms with van der Waals surface area (Å²) in [4.78, 5) is 35.8. The van der Waals surface area contributed by atoms with Gasteiger partial charge in [0.25, 0.3) is 0 Å². The van der Waals surface area contributed by atoms with Crippen molar-refractivity contribution in [2.75, 3.05) is 5.32 Å². The van der Waals surface area contributed by atoms with E-state index in [0.717, 1.165) is 16.8 Å². The SMILES string of the molecule is CC1=NC2=C(C(=O)CC(C)(C)C2)[C@@H](c2cccc(Cl)c2)C1C(=O)Nc1cc(C)ccn1. The number of nitrogens with one attached hydrogen (secondary N) is 1. The second kappa shape index (κ2) is 8.04. The van der Waals surface area contributed by atoms with Crippen molar-refractivity contribution in [3.63, 3.8) is 0 Å². The number of anilines is 1. The highest BCUT2D eigenvalue weighted by Gasteiger charge is 2.45. The quantitative estimate of drug-likeness (QED) is 0.691. The second-order valence-electron chi connectivity index (χ2n) is 9.27. The Labute approximate surface area is 187 Å². The number of Topliss-reactive ketones (excluding diaryl/α,β-unsaturated/α-hetero) is 1. The van der Waals surface area contributed by atoms with E-state index < -0.39 is 11.8 Å². The van der Waals surface area contributed by atoms with E-state index in [9.17, 15) is 9.59 Å². The van der Waals surface area contributed by atoms with Crippen LogP contribution in [0.15, 0.2) is 58.9 Å². The first-order valence-corrected chi connectivity index (χ1v) is 10.8. The number of aliphatic imine (C=N–C) groups is 1. The highest BCUT2D eigenvalue weighted by atomic mass is 35.5. The third-order valence-corrected chi connectivity index (χ3v) is 6.19. The Morgan fingerprint density at radius 1 is 1.16 bits per heavy atom. The number of allylic oxidation sites excluding steroid dienone is 2. The van der Waals surface area contributed by atoms with Gasteiger partial charge in [0.2, 0.25) is 5.91 Å². The lowest BCUT2D eigenvalue weighted by Gasteiger charge is -2.39. The number of benzene rings is 1. The summed E-state index contributed by atoms with van der Waals surface area (Å²) in [6.07, 6.45) is 2.80. The molecule has 1 amide bonds. The van der Waals surface area contributed by atoms with Crippen molar-refractivity contribution in [1.29, 1.82) is 0 Å². The first-order valence-electron chi connectivity index (χ1n) is 10.4. The molecule has 31 heavy (non-hydrogen) atoms. The molecule has 6 heteroatoms. The van der Waals surface area contributed by atoms with Crippen LogP contribution in [0.3, 0.4) is 0 Å². The van der Waals surface area contributed by atoms with Crippen LogP contribution in [0.5, 0.6) is 0 Å². The lowest BCUT2D eigenvalue weighted by molar-refractivity contribution is -0.119. The van der Waals surface area contributed by atoms with Gasteiger partial charge in [-0.25, -0.2) is 4.98 Å². The molecule has 1 aromatic heterocycles. The zero-order valence-corrected chi connectivity index (χ0v) is 19.0. The number of aryl methyl sites for hydroxylation is 1. The summed E-state index contributed by atoms with van der Waals surface area (Å²) in [7, 11) is 0. The number of carbonyl (C=O) groups excluding carboxylic acids is 2. The molecule has 1 aromatic carbocycles. The van der Waals surface area contributed by atoms with Gasteiger partial charge in [-0.1, -0.05) is 37.6 Å². The first kappa shape index (κ1) is 21.4. The van der Waals surface area contributed by atoms with E-state index in [1.54, 1.807) is 12.3 Å². The highest BCUT2D eigenvalue weighted by molar-refractivity contribution is 6.30. The Hall–Kier alpha value is -2.79. The third-order valence-electron chi connectivity index (χ3n) is 5.96. The van der Waals surface area contributed by atoms with Crippen molar-refractivity contribution in [2.45, 2.75) is 46.5 Å². The molecule has 0 fully saturated rings. The van der Waals surface area contributed by atoms with Gasteiger partial charge in [-0.15, -0.1) is 0 Å². The number of hydrogen-bond acceptors (Lipinski definition) is 4. The summed E-state index contributed by atoms with van der Waals surface area (Å²) in [6.45, 7) is 7.96. The minimum absolute atomic E-state index is 0.0546. The largest absolute Gasteiger partial charge is 0.310 e. The van der Waals surface area contributed by atoms with Crippen LogP contribution in [-0.4, -0.2) is 22.4 Å². The number of pyridine rings is 1. The van der Waals surface area contributed by atoms with E-state index in [-0.39, 0.29) is 17.1 Å². The summed E-state index contributed by atoms with van der Waals surface area (Å²) in [5, 5.41) is 3.50. The van der Waals surface area contributed by atoms with Crippen molar-refractivity contribution in [3.8, 4) is 0 Å². The van der Waals surface area contributed by atoms with E-state index in [1.165, 1.54) is 0 Å². The minimum atomic E-state index is -0.621. The van der Waals surface area contributed by atoms with Crippen molar-refractivity contribution in [2.24, 2.45) is 16.3 Å². The normalized spacial score (nSPS) is 22.6. The first-order chi connectivity index (χ1) is 14.6. The van der Waals surface area contributed by atoms with Gasteiger partial charge in [0.15, 0.2) is 5.78 Å². The third kappa shape index (κ3) is 4.33. The number of rotatable bonds is 3. The van der Waals surface area contributed by atoms with Crippen LogP contribution in [0.2, 0.25) is 5.02 Å². The van der Waals surface area contributed by atoms with Gasteiger partial charge in [-0.3, -0.25) is 14.6 Å². The summed E-state index contributed by atoms with van der Waals surface area (Å²) < 4.78 is 0. The van der Waals surface area contributed by atoms with Crippen LogP contribution < -0.4 is 5.32 Å². The van der Waals surface area contributed by atoms with Crippen LogP contribution in [0.4, 0.5) is 5.82 Å². The molecule has 2 aliphatic rings. The molecule has 2 heterocycles. The molecule has 1 N–H and O–H groups in total. The number of ketones is 1. The molecule has 0 spiro atoms. The summed E-state index contributed by atoms with van der Waals surface area (Å²) >= 11 is 6.29. The highest BCUT2D eigenvalue weighted by Crippen LogP contribution is 2.48. The number of aromatic nitrogens is 1. The molecule has 5 nitrogen and oxygen atoms in total. The lowest BCUT2D eigenvalue weighted by Crippen LogP contribution is -2.41. The zero-order valence-electron chi connectivity index (χ0n) is 18.2. The van der Waals surface area contributed by atoms with Gasteiger partial charge in [0.05, 0.1) is 5.92 Å². The molecule has 0 saturated carbocycles. The summed E-state index contributed by atoms with van der Waals surface area (Å²) in [6, 6.07) is 11.1. The zero-order chi connectivity index (χ0) is 22.3. The standard InChI is InChI=1S/C25H26ClN3O2/c1-14-8-9-27-20(10-14)29-24(31)21-15(2)28-18-12-25(3,4)13-19(30)23(18)22(21)16-6-5-7-17(26)11-16/h5-11,21-22H,12-13H2,1-4H3,(H,27,29,31)/t21?,22-/m0/s1. The number of halogens is 1. The van der Waals surface area contributed by atoms with Crippen LogP contribution >= 0.6 is 11.6 Å². The van der Waals surface area contributed by atoms with Crippen molar-refractivity contribution in [1.82, 2.24) is 4.98 Å². The molecule has 1 aliphatic carbocycles. The van der Waals surface area contributed by atoms with Crippen molar-refractivity contribution >= 4 is 34.8 Å². The predicted molar refractivity (Wildman–Crippen MR) is 123 cm³/mol. The fourth-order valence-corrected chi connectivity index (χ4v) is 4.85. The maximum absolute atomic E-state index is 13.5. The average molecular weight is 436 g/mol. The monoisotopic (exact) mass is 435 g/mol. The number of carbonyl (C=O) groups is 2. The Balaban J connectivity index is 1.80. The second-order valence-corrected chi connectivity index (χ2v) is 9.71. The van der Waals surface area contributed by atoms with Gasteiger partial charge in [-0.05, 0) is 61.1 Å². The number of nitrogens with zero attached hydrogens (tertiary/aromatic N) is 2. The Kier molecular flexibility index (Phi) is 5.56. The van der Waals surface area contributed by atoms with Gasteiger partial charge < -0.3 is 5.32 Å². The maximum Gasteiger partial charge on any atom is 0.235 e. The predicted octanol–water partition coefficient (Wildman–Crippen LogP) is 5.50. The van der Waals surface area contributed by atoms with Gasteiger partial charge in [-0.2, -0.15) is 0 Å². The molecule has 160 valence electrons. The summed E-state index contributed by atoms with van der Waals surface area (Å²) in [5.41, 5.74) is 3.82. The summed E-state index contributed by atoms with van der Waals surface area (Å²) in [5.74, 6) is -0.740. The van der Waals surface area contributed by atoms with Crippen LogP contribution in [0, 0.1) is 18.3 Å². The fraction of sp³-hybridized carbons (Fsp3) is 0.360. The Morgan fingerprint density at radius 2 is 1.94 bits per heavy atom. The average Bonchev–Trinajstić information content (AvgIpc) is 2.65. The molecule has 0 saturated heterocycles. The Morgan fingerprint density at radius 3 is 2.65 bits per heavy atom. The fourth-order valence-electron chi connectivity index (χ4n) is 4.65. The molecule has 4 rings (SSSR count). The van der Waals surface area contributed by atoms with Crippen molar-refractivity contribution < 1.29 is 9.59 Å². The molecular weight excluding hydrogens is 410 g/mol. The molecule has 1 aliphatic heterocycles. The van der Waals surface area contributed by atoms with E-state index in [1.807, 2.05) is 44.2 Å². The lowest BCUT2D eigenvalue weighted by atomic mass is 9.66. The van der Waals surface area contributed by atoms with Gasteiger partial charge >= 0.3 is 0 Å². The van der Waals surface area contributed by atoms with Crippen LogP contribution in [0.25, 0.3) is 0 Å². The van der Waals surface area contributed by atoms with E-state index in [0.29, 0.717) is 35.0 Å². The number of amides is 1.